The van der Waals surface area contributed by atoms with Gasteiger partial charge in [0.25, 0.3) is 10.0 Å². The van der Waals surface area contributed by atoms with Crippen LogP contribution in [0.25, 0.3) is 28.2 Å². The average molecular weight is 489 g/mol. The lowest BCUT2D eigenvalue weighted by atomic mass is 10.0. The summed E-state index contributed by atoms with van der Waals surface area (Å²) < 4.78 is 29.6. The van der Waals surface area contributed by atoms with Gasteiger partial charge in [-0.2, -0.15) is 5.26 Å². The predicted molar refractivity (Wildman–Crippen MR) is 145 cm³/mol. The standard InChI is InChI=1S/C31H24N2O2S/c1-23-14-20-27(21-15-23)36(34,35)33-30-13-6-5-11-28(30)29(12-7-10-24-8-3-2-4-9-24)31(33)26-18-16-25(22-32)17-19-26/h2-11,13-21H,12H2,1H3/b10-7+. The Kier molecular flexibility index (Phi) is 6.28. The summed E-state index contributed by atoms with van der Waals surface area (Å²) >= 11 is 0. The molecule has 0 bridgehead atoms. The van der Waals surface area contributed by atoms with Gasteiger partial charge in [-0.25, -0.2) is 12.4 Å². The van der Waals surface area contributed by atoms with Crippen molar-refractivity contribution in [3.8, 4) is 17.3 Å². The van der Waals surface area contributed by atoms with Crippen molar-refractivity contribution in [1.29, 1.82) is 5.26 Å². The van der Waals surface area contributed by atoms with Gasteiger partial charge in [-0.1, -0.05) is 90.5 Å². The van der Waals surface area contributed by atoms with Crippen LogP contribution < -0.4 is 0 Å². The summed E-state index contributed by atoms with van der Waals surface area (Å²) in [4.78, 5) is 0.232. The zero-order chi connectivity index (χ0) is 25.1. The van der Waals surface area contributed by atoms with Crippen molar-refractivity contribution in [3.63, 3.8) is 0 Å². The van der Waals surface area contributed by atoms with E-state index in [1.165, 1.54) is 3.97 Å². The molecule has 0 unspecified atom stereocenters. The van der Waals surface area contributed by atoms with E-state index in [0.29, 0.717) is 23.2 Å². The third-order valence-corrected chi connectivity index (χ3v) is 7.94. The Morgan fingerprint density at radius 3 is 2.19 bits per heavy atom. The summed E-state index contributed by atoms with van der Waals surface area (Å²) in [7, 11) is -3.91. The van der Waals surface area contributed by atoms with Crippen molar-refractivity contribution in [1.82, 2.24) is 3.97 Å². The average Bonchev–Trinajstić information content (AvgIpc) is 3.25. The molecular formula is C31H24N2O2S. The van der Waals surface area contributed by atoms with E-state index < -0.39 is 10.0 Å². The van der Waals surface area contributed by atoms with Crippen molar-refractivity contribution < 1.29 is 8.42 Å². The van der Waals surface area contributed by atoms with Gasteiger partial charge in [0.05, 0.1) is 27.7 Å². The maximum Gasteiger partial charge on any atom is 0.268 e. The number of nitrogens with zero attached hydrogens (tertiary/aromatic N) is 2. The summed E-state index contributed by atoms with van der Waals surface area (Å²) in [6, 6.07) is 33.7. The van der Waals surface area contributed by atoms with Gasteiger partial charge in [0.2, 0.25) is 0 Å². The molecule has 0 amide bonds. The van der Waals surface area contributed by atoms with E-state index in [-0.39, 0.29) is 4.90 Å². The van der Waals surface area contributed by atoms with E-state index in [1.807, 2.05) is 91.9 Å². The second-order valence-corrected chi connectivity index (χ2v) is 10.4. The maximum absolute atomic E-state index is 14.1. The third kappa shape index (κ3) is 4.35. The van der Waals surface area contributed by atoms with Crippen LogP contribution in [0.5, 0.6) is 0 Å². The van der Waals surface area contributed by atoms with Crippen molar-refractivity contribution in [2.45, 2.75) is 18.2 Å². The Bertz CT molecular complexity index is 1710. The number of fused-ring (bicyclic) bond motifs is 1. The summed E-state index contributed by atoms with van der Waals surface area (Å²) in [6.07, 6.45) is 4.65. The molecule has 0 fully saturated rings. The van der Waals surface area contributed by atoms with Gasteiger partial charge in [-0.15, -0.1) is 0 Å². The molecule has 0 saturated carbocycles. The molecule has 1 aromatic heterocycles. The molecule has 4 nitrogen and oxygen atoms in total. The lowest BCUT2D eigenvalue weighted by molar-refractivity contribution is 0.589. The summed E-state index contributed by atoms with van der Waals surface area (Å²) in [5.41, 5.74) is 5.48. The van der Waals surface area contributed by atoms with Crippen LogP contribution in [0.2, 0.25) is 0 Å². The summed E-state index contributed by atoms with van der Waals surface area (Å²) in [5, 5.41) is 10.2. The zero-order valence-electron chi connectivity index (χ0n) is 19.8. The maximum atomic E-state index is 14.1. The molecule has 0 saturated heterocycles. The van der Waals surface area contributed by atoms with Gasteiger partial charge in [0, 0.05) is 5.39 Å². The highest BCUT2D eigenvalue weighted by Gasteiger charge is 2.27. The number of allylic oxidation sites excluding steroid dienone is 1. The zero-order valence-corrected chi connectivity index (χ0v) is 20.6. The number of nitriles is 1. The van der Waals surface area contributed by atoms with Crippen LogP contribution in [0.1, 0.15) is 22.3 Å². The topological polar surface area (TPSA) is 62.9 Å². The van der Waals surface area contributed by atoms with Crippen LogP contribution >= 0.6 is 0 Å². The summed E-state index contributed by atoms with van der Waals surface area (Å²) in [6.45, 7) is 1.93. The van der Waals surface area contributed by atoms with Crippen LogP contribution in [0, 0.1) is 18.3 Å². The Balaban J connectivity index is 1.76. The van der Waals surface area contributed by atoms with Crippen molar-refractivity contribution >= 4 is 27.0 Å². The normalized spacial score (nSPS) is 11.7. The highest BCUT2D eigenvalue weighted by molar-refractivity contribution is 7.90. The molecule has 5 aromatic rings. The van der Waals surface area contributed by atoms with Crippen LogP contribution in [-0.2, 0) is 16.4 Å². The molecule has 36 heavy (non-hydrogen) atoms. The number of rotatable bonds is 6. The van der Waals surface area contributed by atoms with E-state index in [9.17, 15) is 13.7 Å². The predicted octanol–water partition coefficient (Wildman–Crippen LogP) is 6.98. The van der Waals surface area contributed by atoms with Gasteiger partial charge in [0.1, 0.15) is 0 Å². The first-order valence-electron chi connectivity index (χ1n) is 11.7. The lowest BCUT2D eigenvalue weighted by Crippen LogP contribution is -2.14. The fraction of sp³-hybridized carbons (Fsp3) is 0.0645. The first-order chi connectivity index (χ1) is 17.5. The second-order valence-electron chi connectivity index (χ2n) is 8.63. The van der Waals surface area contributed by atoms with E-state index in [2.05, 4.69) is 12.1 Å². The molecule has 0 spiro atoms. The number of benzene rings is 4. The minimum atomic E-state index is -3.91. The van der Waals surface area contributed by atoms with Gasteiger partial charge in [-0.05, 0) is 60.4 Å². The Morgan fingerprint density at radius 2 is 1.50 bits per heavy atom. The highest BCUT2D eigenvalue weighted by Crippen LogP contribution is 2.37. The number of hydrogen-bond donors (Lipinski definition) is 0. The van der Waals surface area contributed by atoms with Crippen molar-refractivity contribution in [3.05, 3.63) is 131 Å². The SMILES string of the molecule is Cc1ccc(S(=O)(=O)n2c(-c3ccc(C#N)cc3)c(C/C=C/c3ccccc3)c3ccccc32)cc1. The first kappa shape index (κ1) is 23.3. The third-order valence-electron chi connectivity index (χ3n) is 6.22. The minimum Gasteiger partial charge on any atom is -0.233 e. The van der Waals surface area contributed by atoms with Crippen molar-refractivity contribution in [2.75, 3.05) is 0 Å². The smallest absolute Gasteiger partial charge is 0.233 e. The van der Waals surface area contributed by atoms with E-state index >= 15 is 0 Å². The molecule has 0 aliphatic rings. The monoisotopic (exact) mass is 488 g/mol. The fourth-order valence-corrected chi connectivity index (χ4v) is 5.98. The van der Waals surface area contributed by atoms with Gasteiger partial charge in [0.15, 0.2) is 0 Å². The quantitative estimate of drug-likeness (QED) is 0.259. The van der Waals surface area contributed by atoms with Gasteiger partial charge < -0.3 is 0 Å². The molecule has 4 aromatic carbocycles. The number of aryl methyl sites for hydroxylation is 1. The number of aromatic nitrogens is 1. The van der Waals surface area contributed by atoms with Gasteiger partial charge in [-0.3, -0.25) is 0 Å². The lowest BCUT2D eigenvalue weighted by Gasteiger charge is -2.14. The number of para-hydroxylation sites is 1. The molecule has 0 radical (unpaired) electrons. The van der Waals surface area contributed by atoms with Crippen molar-refractivity contribution in [2.24, 2.45) is 0 Å². The molecule has 5 heteroatoms. The highest BCUT2D eigenvalue weighted by atomic mass is 32.2. The van der Waals surface area contributed by atoms with Crippen LogP contribution in [0.4, 0.5) is 0 Å². The second kappa shape index (κ2) is 9.69. The molecule has 0 aliphatic carbocycles. The molecular weight excluding hydrogens is 464 g/mol. The summed E-state index contributed by atoms with van der Waals surface area (Å²) in [5.74, 6) is 0. The Hall–Kier alpha value is -4.40. The number of hydrogen-bond acceptors (Lipinski definition) is 3. The molecule has 176 valence electrons. The molecule has 5 rings (SSSR count). The minimum absolute atomic E-state index is 0.232. The first-order valence-corrected chi connectivity index (χ1v) is 13.1. The Labute approximate surface area is 211 Å². The van der Waals surface area contributed by atoms with E-state index in [4.69, 9.17) is 0 Å². The largest absolute Gasteiger partial charge is 0.268 e. The Morgan fingerprint density at radius 1 is 0.833 bits per heavy atom. The van der Waals surface area contributed by atoms with Crippen LogP contribution in [-0.4, -0.2) is 12.4 Å². The molecule has 0 aliphatic heterocycles. The van der Waals surface area contributed by atoms with E-state index in [0.717, 1.165) is 27.6 Å². The van der Waals surface area contributed by atoms with Crippen LogP contribution in [0.15, 0.2) is 114 Å². The molecule has 0 N–H and O–H groups in total. The molecule has 1 heterocycles. The van der Waals surface area contributed by atoms with Gasteiger partial charge >= 0.3 is 0 Å². The van der Waals surface area contributed by atoms with Crippen LogP contribution in [0.3, 0.4) is 0 Å². The molecule has 0 atom stereocenters. The fourth-order valence-electron chi connectivity index (χ4n) is 4.42. The van der Waals surface area contributed by atoms with E-state index in [1.54, 1.807) is 24.3 Å².